The summed E-state index contributed by atoms with van der Waals surface area (Å²) in [4.78, 5) is 30.3. The van der Waals surface area contributed by atoms with Crippen LogP contribution in [0.2, 0.25) is 0 Å². The summed E-state index contributed by atoms with van der Waals surface area (Å²) in [5.41, 5.74) is 1.04. The number of amides is 2. The Bertz CT molecular complexity index is 944. The molecule has 2 rings (SSSR count). The number of hydrogen-bond acceptors (Lipinski definition) is 5. The summed E-state index contributed by atoms with van der Waals surface area (Å²) >= 11 is 0. The van der Waals surface area contributed by atoms with E-state index in [9.17, 15) is 9.59 Å². The third-order valence-corrected chi connectivity index (χ3v) is 7.14. The van der Waals surface area contributed by atoms with E-state index < -0.39 is 0 Å². The number of nitrogens with zero attached hydrogens (tertiary/aromatic N) is 2. The number of carbonyl (C=O) groups is 2. The molecule has 0 saturated heterocycles. The number of unbranched alkanes of at least 4 members (excludes halogenated alkanes) is 6. The van der Waals surface area contributed by atoms with Crippen LogP contribution in [0.25, 0.3) is 0 Å². The molecule has 0 aliphatic heterocycles. The van der Waals surface area contributed by atoms with Crippen LogP contribution in [0.15, 0.2) is 41.0 Å². The van der Waals surface area contributed by atoms with Gasteiger partial charge in [0, 0.05) is 19.0 Å². The monoisotopic (exact) mass is 528 g/mol. The minimum atomic E-state index is -0.0740. The SMILES string of the molecule is CCCCCCCCCC(=O)N(CC(=O)N(CCc1ccc(OC)c(OC)c1)Cc1ccco1)[C@@H](C)CC. The van der Waals surface area contributed by atoms with E-state index in [0.717, 1.165) is 30.6 Å². The highest BCUT2D eigenvalue weighted by Gasteiger charge is 2.25. The van der Waals surface area contributed by atoms with Gasteiger partial charge in [-0.05, 0) is 56.0 Å². The molecule has 0 fully saturated rings. The fraction of sp³-hybridized carbons (Fsp3) is 0.613. The third-order valence-electron chi connectivity index (χ3n) is 7.14. The topological polar surface area (TPSA) is 72.2 Å². The van der Waals surface area contributed by atoms with Gasteiger partial charge in [0.25, 0.3) is 0 Å². The van der Waals surface area contributed by atoms with Crippen molar-refractivity contribution in [3.63, 3.8) is 0 Å². The largest absolute Gasteiger partial charge is 0.493 e. The van der Waals surface area contributed by atoms with E-state index in [4.69, 9.17) is 13.9 Å². The van der Waals surface area contributed by atoms with Crippen molar-refractivity contribution in [2.45, 2.75) is 97.6 Å². The fourth-order valence-electron chi connectivity index (χ4n) is 4.52. The van der Waals surface area contributed by atoms with Gasteiger partial charge in [0.1, 0.15) is 12.3 Å². The van der Waals surface area contributed by atoms with Crippen LogP contribution in [-0.2, 0) is 22.6 Å². The van der Waals surface area contributed by atoms with Crippen molar-refractivity contribution in [1.82, 2.24) is 9.80 Å². The summed E-state index contributed by atoms with van der Waals surface area (Å²) in [5.74, 6) is 2.04. The molecule has 1 atom stereocenters. The Balaban J connectivity index is 2.04. The molecule has 7 heteroatoms. The number of ether oxygens (including phenoxy) is 2. The number of hydrogen-bond donors (Lipinski definition) is 0. The minimum Gasteiger partial charge on any atom is -0.493 e. The molecule has 0 unspecified atom stereocenters. The van der Waals surface area contributed by atoms with Crippen LogP contribution in [0.3, 0.4) is 0 Å². The van der Waals surface area contributed by atoms with Gasteiger partial charge in [0.2, 0.25) is 11.8 Å². The van der Waals surface area contributed by atoms with Crippen LogP contribution < -0.4 is 9.47 Å². The Kier molecular flexibility index (Phi) is 14.4. The van der Waals surface area contributed by atoms with E-state index >= 15 is 0 Å². The van der Waals surface area contributed by atoms with Crippen molar-refractivity contribution in [3.05, 3.63) is 47.9 Å². The molecule has 1 aromatic heterocycles. The van der Waals surface area contributed by atoms with Crippen LogP contribution in [0, 0.1) is 0 Å². The number of rotatable bonds is 19. The summed E-state index contributed by atoms with van der Waals surface area (Å²) in [5, 5.41) is 0. The minimum absolute atomic E-state index is 0.00677. The van der Waals surface area contributed by atoms with Crippen molar-refractivity contribution < 1.29 is 23.5 Å². The van der Waals surface area contributed by atoms with Crippen molar-refractivity contribution in [3.8, 4) is 11.5 Å². The lowest BCUT2D eigenvalue weighted by molar-refractivity contribution is -0.142. The molecule has 7 nitrogen and oxygen atoms in total. The maximum absolute atomic E-state index is 13.6. The molecule has 2 aromatic rings. The van der Waals surface area contributed by atoms with Gasteiger partial charge in [-0.25, -0.2) is 0 Å². The molecule has 2 amide bonds. The molecular weight excluding hydrogens is 480 g/mol. The molecule has 0 aliphatic carbocycles. The van der Waals surface area contributed by atoms with Crippen LogP contribution in [0.1, 0.15) is 89.9 Å². The Hall–Kier alpha value is -2.96. The first kappa shape index (κ1) is 31.3. The summed E-state index contributed by atoms with van der Waals surface area (Å²) in [6, 6.07) is 9.49. The van der Waals surface area contributed by atoms with Gasteiger partial charge in [-0.2, -0.15) is 0 Å². The molecule has 0 radical (unpaired) electrons. The second-order valence-corrected chi connectivity index (χ2v) is 9.98. The maximum atomic E-state index is 13.6. The van der Waals surface area contributed by atoms with Gasteiger partial charge in [-0.1, -0.05) is 58.4 Å². The summed E-state index contributed by atoms with van der Waals surface area (Å²) in [6.07, 6.45) is 11.7. The molecule has 212 valence electrons. The zero-order chi connectivity index (χ0) is 27.8. The highest BCUT2D eigenvalue weighted by Crippen LogP contribution is 2.28. The van der Waals surface area contributed by atoms with Gasteiger partial charge in [-0.15, -0.1) is 0 Å². The first-order valence-corrected chi connectivity index (χ1v) is 14.2. The van der Waals surface area contributed by atoms with Crippen LogP contribution >= 0.6 is 0 Å². The number of furan rings is 1. The second-order valence-electron chi connectivity index (χ2n) is 9.98. The van der Waals surface area contributed by atoms with E-state index in [1.54, 1.807) is 30.3 Å². The van der Waals surface area contributed by atoms with Gasteiger partial charge in [0.05, 0.1) is 27.0 Å². The Morgan fingerprint density at radius 2 is 1.63 bits per heavy atom. The van der Waals surface area contributed by atoms with Crippen LogP contribution in [-0.4, -0.2) is 55.0 Å². The second kappa shape index (κ2) is 17.5. The normalized spacial score (nSPS) is 11.7. The third kappa shape index (κ3) is 10.4. The quantitative estimate of drug-likeness (QED) is 0.191. The van der Waals surface area contributed by atoms with Crippen molar-refractivity contribution in [2.24, 2.45) is 0 Å². The smallest absolute Gasteiger partial charge is 0.242 e. The Labute approximate surface area is 229 Å². The van der Waals surface area contributed by atoms with Crippen molar-refractivity contribution in [2.75, 3.05) is 27.3 Å². The number of benzene rings is 1. The predicted molar refractivity (Wildman–Crippen MR) is 151 cm³/mol. The van der Waals surface area contributed by atoms with Crippen LogP contribution in [0.4, 0.5) is 0 Å². The zero-order valence-electron chi connectivity index (χ0n) is 24.2. The molecule has 1 heterocycles. The van der Waals surface area contributed by atoms with Gasteiger partial charge < -0.3 is 23.7 Å². The lowest BCUT2D eigenvalue weighted by Gasteiger charge is -2.31. The molecule has 0 aliphatic rings. The first-order chi connectivity index (χ1) is 18.4. The predicted octanol–water partition coefficient (Wildman–Crippen LogP) is 6.64. The van der Waals surface area contributed by atoms with Crippen LogP contribution in [0.5, 0.6) is 11.5 Å². The Morgan fingerprint density at radius 1 is 0.921 bits per heavy atom. The average Bonchev–Trinajstić information content (AvgIpc) is 3.45. The average molecular weight is 529 g/mol. The molecule has 0 saturated carbocycles. The lowest BCUT2D eigenvalue weighted by Crippen LogP contribution is -2.46. The van der Waals surface area contributed by atoms with E-state index in [-0.39, 0.29) is 24.4 Å². The van der Waals surface area contributed by atoms with Gasteiger partial charge in [-0.3, -0.25) is 9.59 Å². The highest BCUT2D eigenvalue weighted by molar-refractivity contribution is 5.85. The standard InChI is InChI=1S/C31H48N2O5/c1-6-8-9-10-11-12-13-16-30(34)33(25(3)7-2)24-31(35)32(23-27-15-14-21-38-27)20-19-26-17-18-28(36-4)29(22-26)37-5/h14-15,17-18,21-22,25H,6-13,16,19-20,23-24H2,1-5H3/t25-/m0/s1. The van der Waals surface area contributed by atoms with Crippen molar-refractivity contribution >= 4 is 11.8 Å². The summed E-state index contributed by atoms with van der Waals surface area (Å²) < 4.78 is 16.3. The maximum Gasteiger partial charge on any atom is 0.242 e. The molecule has 0 spiro atoms. The fourth-order valence-corrected chi connectivity index (χ4v) is 4.52. The first-order valence-electron chi connectivity index (χ1n) is 14.2. The highest BCUT2D eigenvalue weighted by atomic mass is 16.5. The lowest BCUT2D eigenvalue weighted by atomic mass is 10.1. The molecule has 0 bridgehead atoms. The van der Waals surface area contributed by atoms with Crippen molar-refractivity contribution in [1.29, 1.82) is 0 Å². The zero-order valence-corrected chi connectivity index (χ0v) is 24.2. The van der Waals surface area contributed by atoms with Gasteiger partial charge in [0.15, 0.2) is 11.5 Å². The van der Waals surface area contributed by atoms with E-state index in [1.807, 2.05) is 37.3 Å². The van der Waals surface area contributed by atoms with E-state index in [1.165, 1.54) is 32.1 Å². The molecule has 1 aromatic carbocycles. The number of carbonyl (C=O) groups excluding carboxylic acids is 2. The molecular formula is C31H48N2O5. The molecule has 38 heavy (non-hydrogen) atoms. The van der Waals surface area contributed by atoms with Gasteiger partial charge >= 0.3 is 0 Å². The molecule has 0 N–H and O–H groups in total. The summed E-state index contributed by atoms with van der Waals surface area (Å²) in [7, 11) is 3.22. The summed E-state index contributed by atoms with van der Waals surface area (Å²) in [6.45, 7) is 7.23. The van der Waals surface area contributed by atoms with E-state index in [0.29, 0.717) is 37.4 Å². The van der Waals surface area contributed by atoms with E-state index in [2.05, 4.69) is 13.8 Å². The number of methoxy groups -OCH3 is 2. The Morgan fingerprint density at radius 3 is 2.26 bits per heavy atom.